The van der Waals surface area contributed by atoms with Crippen molar-refractivity contribution in [3.05, 3.63) is 41.6 Å². The number of likely N-dealkylation sites (N-methyl/N-ethyl adjacent to an activating group) is 1. The number of aliphatic imine (C=N–C) groups is 1. The largest absolute Gasteiger partial charge is 0.319 e. The molecule has 3 nitrogen and oxygen atoms in total. The molecule has 0 saturated heterocycles. The van der Waals surface area contributed by atoms with Crippen LogP contribution in [0.5, 0.6) is 0 Å². The van der Waals surface area contributed by atoms with E-state index in [9.17, 15) is 4.79 Å². The van der Waals surface area contributed by atoms with Crippen molar-refractivity contribution >= 4 is 28.9 Å². The molecule has 1 aromatic rings. The van der Waals surface area contributed by atoms with Gasteiger partial charge in [-0.25, -0.2) is 0 Å². The van der Waals surface area contributed by atoms with Crippen LogP contribution in [-0.2, 0) is 4.79 Å². The second kappa shape index (κ2) is 4.53. The first kappa shape index (κ1) is 11.0. The molecule has 0 fully saturated rings. The van der Waals surface area contributed by atoms with E-state index in [2.05, 4.69) is 4.99 Å². The minimum Gasteiger partial charge on any atom is -0.319 e. The van der Waals surface area contributed by atoms with Gasteiger partial charge in [-0.05, 0) is 17.9 Å². The lowest BCUT2D eigenvalue weighted by molar-refractivity contribution is -0.114. The van der Waals surface area contributed by atoms with E-state index in [0.717, 1.165) is 10.7 Å². The topological polar surface area (TPSA) is 32.7 Å². The van der Waals surface area contributed by atoms with Crippen LogP contribution in [0.15, 0.2) is 41.0 Å². The molecule has 1 aliphatic rings. The molecule has 0 N–H and O–H groups in total. The van der Waals surface area contributed by atoms with Crippen molar-refractivity contribution in [1.29, 1.82) is 0 Å². The first-order valence-electron chi connectivity index (χ1n) is 4.90. The number of hydrogen-bond acceptors (Lipinski definition) is 3. The molecule has 1 heterocycles. The molecule has 0 aromatic heterocycles. The summed E-state index contributed by atoms with van der Waals surface area (Å²) in [5.74, 6) is -0.171. The van der Waals surface area contributed by atoms with Crippen molar-refractivity contribution in [1.82, 2.24) is 4.90 Å². The maximum Gasteiger partial charge on any atom is 0.296 e. The molecule has 0 spiro atoms. The van der Waals surface area contributed by atoms with Crippen LogP contribution in [0, 0.1) is 0 Å². The first-order chi connectivity index (χ1) is 7.72. The van der Waals surface area contributed by atoms with Gasteiger partial charge in [-0.2, -0.15) is 4.99 Å². The molecule has 82 valence electrons. The summed E-state index contributed by atoms with van der Waals surface area (Å²) >= 11 is 1.47. The summed E-state index contributed by atoms with van der Waals surface area (Å²) in [7, 11) is 1.86. The zero-order valence-electron chi connectivity index (χ0n) is 9.18. The second-order valence-electron chi connectivity index (χ2n) is 3.40. The predicted molar refractivity (Wildman–Crippen MR) is 68.1 cm³/mol. The van der Waals surface area contributed by atoms with Crippen molar-refractivity contribution in [3.8, 4) is 0 Å². The van der Waals surface area contributed by atoms with E-state index in [4.69, 9.17) is 0 Å². The smallest absolute Gasteiger partial charge is 0.296 e. The third-order valence-corrected chi connectivity index (χ3v) is 3.08. The number of nitrogens with zero attached hydrogens (tertiary/aromatic N) is 2. The van der Waals surface area contributed by atoms with Gasteiger partial charge in [-0.15, -0.1) is 0 Å². The summed E-state index contributed by atoms with van der Waals surface area (Å²) < 4.78 is 0. The molecule has 4 heteroatoms. The minimum atomic E-state index is -0.171. The van der Waals surface area contributed by atoms with Gasteiger partial charge in [0.15, 0.2) is 5.17 Å². The normalized spacial score (nSPS) is 18.1. The molecule has 0 radical (unpaired) electrons. The summed E-state index contributed by atoms with van der Waals surface area (Å²) in [5.41, 5.74) is 1.63. The van der Waals surface area contributed by atoms with E-state index in [1.807, 2.05) is 54.6 Å². The lowest BCUT2D eigenvalue weighted by Gasteiger charge is -2.12. The molecule has 1 aromatic carbocycles. The van der Waals surface area contributed by atoms with Crippen LogP contribution in [0.3, 0.4) is 0 Å². The van der Waals surface area contributed by atoms with Gasteiger partial charge in [0, 0.05) is 7.05 Å². The fraction of sp³-hybridized carbons (Fsp3) is 0.167. The van der Waals surface area contributed by atoms with Crippen LogP contribution in [0.2, 0.25) is 0 Å². The highest BCUT2D eigenvalue weighted by atomic mass is 32.2. The molecule has 16 heavy (non-hydrogen) atoms. The molecule has 0 bridgehead atoms. The van der Waals surface area contributed by atoms with Gasteiger partial charge in [-0.1, -0.05) is 42.1 Å². The van der Waals surface area contributed by atoms with Crippen molar-refractivity contribution in [2.24, 2.45) is 4.99 Å². The zero-order valence-corrected chi connectivity index (χ0v) is 9.99. The first-order valence-corrected chi connectivity index (χ1v) is 6.12. The molecule has 1 amide bonds. The number of hydrogen-bond donors (Lipinski definition) is 0. The van der Waals surface area contributed by atoms with Crippen LogP contribution >= 0.6 is 11.8 Å². The Bertz CT molecular complexity index is 465. The summed E-state index contributed by atoms with van der Waals surface area (Å²) in [4.78, 5) is 17.4. The Morgan fingerprint density at radius 2 is 2.00 bits per heavy atom. The lowest BCUT2D eigenvalue weighted by atomic mass is 10.2. The van der Waals surface area contributed by atoms with Crippen LogP contribution in [0.25, 0.3) is 6.08 Å². The third kappa shape index (κ3) is 2.02. The average Bonchev–Trinajstić information content (AvgIpc) is 2.58. The Morgan fingerprint density at radius 3 is 2.56 bits per heavy atom. The number of carbonyl (C=O) groups is 1. The van der Waals surface area contributed by atoms with Gasteiger partial charge >= 0.3 is 0 Å². The van der Waals surface area contributed by atoms with Gasteiger partial charge in [0.25, 0.3) is 5.91 Å². The van der Waals surface area contributed by atoms with Gasteiger partial charge < -0.3 is 4.90 Å². The van der Waals surface area contributed by atoms with Crippen LogP contribution in [0.1, 0.15) is 5.56 Å². The summed E-state index contributed by atoms with van der Waals surface area (Å²) in [5, 5.41) is 0.743. The predicted octanol–water partition coefficient (Wildman–Crippen LogP) is 2.22. The maximum absolute atomic E-state index is 11.6. The Morgan fingerprint density at radius 1 is 1.31 bits per heavy atom. The van der Waals surface area contributed by atoms with Crippen molar-refractivity contribution in [2.75, 3.05) is 13.3 Å². The minimum absolute atomic E-state index is 0.171. The van der Waals surface area contributed by atoms with Crippen LogP contribution < -0.4 is 0 Å². The van der Waals surface area contributed by atoms with E-state index in [1.165, 1.54) is 11.8 Å². The lowest BCUT2D eigenvalue weighted by Crippen LogP contribution is -2.18. The second-order valence-corrected chi connectivity index (χ2v) is 4.18. The molecule has 2 rings (SSSR count). The maximum atomic E-state index is 11.6. The van der Waals surface area contributed by atoms with Crippen molar-refractivity contribution < 1.29 is 4.79 Å². The van der Waals surface area contributed by atoms with Crippen molar-refractivity contribution in [2.45, 2.75) is 0 Å². The standard InChI is InChI=1S/C12H12N2OS/c1-14-10(11(15)13-12(14)16-2)8-9-6-4-3-5-7-9/h3-8H,1-2H3/b10-8-. The van der Waals surface area contributed by atoms with Gasteiger partial charge in [0.2, 0.25) is 0 Å². The van der Waals surface area contributed by atoms with Crippen LogP contribution in [-0.4, -0.2) is 29.3 Å². The molecule has 0 atom stereocenters. The number of thioether (sulfide) groups is 1. The van der Waals surface area contributed by atoms with E-state index < -0.39 is 0 Å². The Hall–Kier alpha value is -1.55. The van der Waals surface area contributed by atoms with E-state index in [0.29, 0.717) is 5.70 Å². The van der Waals surface area contributed by atoms with Gasteiger partial charge in [0.1, 0.15) is 5.70 Å². The fourth-order valence-corrected chi connectivity index (χ4v) is 2.06. The number of amidine groups is 1. The number of amides is 1. The number of rotatable bonds is 1. The highest BCUT2D eigenvalue weighted by Crippen LogP contribution is 2.21. The van der Waals surface area contributed by atoms with Gasteiger partial charge in [0.05, 0.1) is 0 Å². The Balaban J connectivity index is 2.31. The molecular formula is C12H12N2OS. The van der Waals surface area contributed by atoms with Crippen molar-refractivity contribution in [3.63, 3.8) is 0 Å². The van der Waals surface area contributed by atoms with E-state index in [1.54, 1.807) is 0 Å². The average molecular weight is 232 g/mol. The van der Waals surface area contributed by atoms with E-state index in [-0.39, 0.29) is 5.91 Å². The van der Waals surface area contributed by atoms with Crippen LogP contribution in [0.4, 0.5) is 0 Å². The highest BCUT2D eigenvalue weighted by Gasteiger charge is 2.25. The van der Waals surface area contributed by atoms with Gasteiger partial charge in [-0.3, -0.25) is 4.79 Å². The zero-order chi connectivity index (χ0) is 11.5. The number of carbonyl (C=O) groups excluding carboxylic acids is 1. The summed E-state index contributed by atoms with van der Waals surface area (Å²) in [6, 6.07) is 9.77. The SMILES string of the molecule is CSC1=NC(=O)/C(=C/c2ccccc2)N1C. The summed E-state index contributed by atoms with van der Waals surface area (Å²) in [6.45, 7) is 0. The number of benzene rings is 1. The highest BCUT2D eigenvalue weighted by molar-refractivity contribution is 8.13. The monoisotopic (exact) mass is 232 g/mol. The summed E-state index contributed by atoms with van der Waals surface area (Å²) in [6.07, 6.45) is 3.77. The molecule has 1 aliphatic heterocycles. The third-order valence-electron chi connectivity index (χ3n) is 2.35. The molecule has 0 saturated carbocycles. The molecule has 0 unspecified atom stereocenters. The molecular weight excluding hydrogens is 220 g/mol. The Kier molecular flexibility index (Phi) is 3.10. The molecule has 0 aliphatic carbocycles. The fourth-order valence-electron chi connectivity index (χ4n) is 1.51. The Labute approximate surface area is 98.9 Å². The van der Waals surface area contributed by atoms with E-state index >= 15 is 0 Å². The quantitative estimate of drug-likeness (QED) is 0.696.